The van der Waals surface area contributed by atoms with Crippen molar-refractivity contribution in [3.63, 3.8) is 0 Å². The second-order valence-electron chi connectivity index (χ2n) is 21.7. The maximum absolute atomic E-state index is 16.1. The third-order valence-corrected chi connectivity index (χ3v) is 17.0. The van der Waals surface area contributed by atoms with Crippen molar-refractivity contribution in [1.82, 2.24) is 45.4 Å². The number of benzene rings is 1. The van der Waals surface area contributed by atoms with Crippen LogP contribution in [0.3, 0.4) is 0 Å². The molecule has 1 aromatic carbocycles. The van der Waals surface area contributed by atoms with E-state index in [0.29, 0.717) is 29.5 Å². The van der Waals surface area contributed by atoms with Gasteiger partial charge in [0.15, 0.2) is 11.6 Å². The zero-order chi connectivity index (χ0) is 54.2. The topological polar surface area (TPSA) is 244 Å². The number of β-amino-alcohol motifs (C(OH)–C–C–N with tert-alkyl or cyclic N) is 1. The van der Waals surface area contributed by atoms with Crippen molar-refractivity contribution in [2.45, 2.75) is 127 Å². The predicted octanol–water partition coefficient (Wildman–Crippen LogP) is 6.69. The lowest BCUT2D eigenvalue weighted by molar-refractivity contribution is -0.141. The highest BCUT2D eigenvalue weighted by Crippen LogP contribution is 2.41. The summed E-state index contributed by atoms with van der Waals surface area (Å²) >= 11 is 1.51. The number of piperidine rings is 1. The number of aromatic nitrogens is 6. The summed E-state index contributed by atoms with van der Waals surface area (Å²) in [6, 6.07) is 16.0. The quantitative estimate of drug-likeness (QED) is 0.0701. The minimum Gasteiger partial charge on any atom is -0.507 e. The highest BCUT2D eigenvalue weighted by atomic mass is 32.1. The highest BCUT2D eigenvalue weighted by molar-refractivity contribution is 7.13. The van der Waals surface area contributed by atoms with Crippen LogP contribution in [0.2, 0.25) is 0 Å². The van der Waals surface area contributed by atoms with Gasteiger partial charge in [-0.2, -0.15) is 4.39 Å². The number of aromatic hydroxyl groups is 1. The number of hydrogen-bond acceptors (Lipinski definition) is 19. The number of nitrogens with zero attached hydrogens (tertiary/aromatic N) is 10. The molecule has 0 spiro atoms. The zero-order valence-corrected chi connectivity index (χ0v) is 45.1. The van der Waals surface area contributed by atoms with Gasteiger partial charge in [-0.25, -0.2) is 9.97 Å². The van der Waals surface area contributed by atoms with Gasteiger partial charge in [0.05, 0.1) is 57.5 Å². The molecule has 5 aromatic heterocycles. The molecule has 22 heteroatoms. The third-order valence-electron chi connectivity index (χ3n) is 16.1. The number of anilines is 3. The van der Waals surface area contributed by atoms with E-state index in [9.17, 15) is 19.8 Å². The van der Waals surface area contributed by atoms with E-state index < -0.39 is 47.7 Å². The molecule has 2 amide bonds. The zero-order valence-electron chi connectivity index (χ0n) is 44.3. The normalized spacial score (nSPS) is 23.3. The van der Waals surface area contributed by atoms with Gasteiger partial charge >= 0.3 is 0 Å². The molecule has 6 aromatic rings. The van der Waals surface area contributed by atoms with E-state index in [4.69, 9.17) is 24.5 Å². The standard InChI is InChI=1S/C56H67FN12O8S/c1-31(2)49(56(73)68-29-38(70)22-46(68)54(72)62-32(3)34-9-12-43(60-26-34)52-33(4)61-30-78-52)51-50(57)55(65-77-51)74-20-19-66-17-14-39(15-18-66)75-40-23-41(24-40)76-48-21-35(13-16-59-48)69-36-10-11-37(69)28-67(27-36)45-25-44(63-64-53(45)58)42-7-5-6-8-47(42)71/h5-9,12-13,16,21,25-26,30-32,36-41,46,49,70-71H,10-11,14-15,17-20,22-24,27-29H2,1-4H3,(H2,58,64)(H,62,72)/t32-,36?,37?,38+,40?,41?,46-,49-/m0/s1. The summed E-state index contributed by atoms with van der Waals surface area (Å²) < 4.78 is 40.3. The fourth-order valence-electron chi connectivity index (χ4n) is 11.8. The number of rotatable bonds is 18. The lowest BCUT2D eigenvalue weighted by Gasteiger charge is -2.43. The fourth-order valence-corrected chi connectivity index (χ4v) is 12.6. The number of nitrogen functional groups attached to an aromatic ring is 1. The van der Waals surface area contributed by atoms with Gasteiger partial charge in [0, 0.05) is 100 Å². The molecule has 6 atom stereocenters. The molecule has 11 rings (SSSR count). The van der Waals surface area contributed by atoms with Crippen LogP contribution < -0.4 is 30.3 Å². The van der Waals surface area contributed by atoms with Crippen molar-refractivity contribution >= 4 is 40.3 Å². The van der Waals surface area contributed by atoms with Crippen molar-refractivity contribution in [3.8, 4) is 39.3 Å². The number of para-hydroxylation sites is 1. The molecule has 0 radical (unpaired) electrons. The number of likely N-dealkylation sites (tertiary alicyclic amines) is 2. The Morgan fingerprint density at radius 2 is 1.71 bits per heavy atom. The first kappa shape index (κ1) is 53.0. The molecule has 5 N–H and O–H groups in total. The van der Waals surface area contributed by atoms with Crippen LogP contribution in [0.4, 0.5) is 21.6 Å². The molecule has 2 unspecified atom stereocenters. The molecule has 2 bridgehead atoms. The lowest BCUT2D eigenvalue weighted by Crippen LogP contribution is -2.54. The number of phenols is 1. The van der Waals surface area contributed by atoms with Crippen LogP contribution in [-0.2, 0) is 14.3 Å². The largest absolute Gasteiger partial charge is 0.507 e. The number of carbonyl (C=O) groups excluding carboxylic acids is 2. The number of nitrogens with two attached hydrogens (primary N) is 1. The Labute approximate surface area is 456 Å². The molecule has 1 saturated carbocycles. The van der Waals surface area contributed by atoms with Crippen molar-refractivity contribution < 1.29 is 42.9 Å². The number of carbonyl (C=O) groups is 2. The summed E-state index contributed by atoms with van der Waals surface area (Å²) in [6.07, 6.45) is 8.29. The number of phenolic OH excluding ortho intramolecular Hbond substituents is 1. The monoisotopic (exact) mass is 1090 g/mol. The van der Waals surface area contributed by atoms with Crippen LogP contribution in [0.25, 0.3) is 21.8 Å². The number of pyridine rings is 2. The average molecular weight is 1090 g/mol. The van der Waals surface area contributed by atoms with Crippen LogP contribution >= 0.6 is 11.3 Å². The molecule has 4 saturated heterocycles. The SMILES string of the molecule is Cc1ncsc1-c1ccc([C@H](C)NC(=O)[C@@H]2C[C@@H](O)CN2C(=O)[C@H](c2onc(OCCN3CCC(OC4CC(Oc5cc(N6C7CCC6CN(c6cc(-c8ccccc8O)nnc6N)C7)ccn5)C4)CC3)c2F)C(C)C)cn1. The van der Waals surface area contributed by atoms with Crippen molar-refractivity contribution in [2.75, 3.05) is 61.4 Å². The fraction of sp³-hybridized carbons (Fsp3) is 0.500. The number of aliphatic hydroxyl groups excluding tert-OH is 1. The Bertz CT molecular complexity index is 3060. The summed E-state index contributed by atoms with van der Waals surface area (Å²) in [4.78, 5) is 50.7. The van der Waals surface area contributed by atoms with E-state index in [1.165, 1.54) is 16.2 Å². The Morgan fingerprint density at radius 1 is 0.923 bits per heavy atom. The molecule has 20 nitrogen and oxygen atoms in total. The van der Waals surface area contributed by atoms with Crippen LogP contribution in [0, 0.1) is 18.7 Å². The summed E-state index contributed by atoms with van der Waals surface area (Å²) in [7, 11) is 0. The number of fused-ring (bicyclic) bond motifs is 2. The van der Waals surface area contributed by atoms with Crippen LogP contribution in [-0.4, -0.2) is 151 Å². The Morgan fingerprint density at radius 3 is 2.42 bits per heavy atom. The first-order chi connectivity index (χ1) is 37.7. The number of hydrogen-bond donors (Lipinski definition) is 4. The number of ether oxygens (including phenoxy) is 3. The number of nitrogens with one attached hydrogen (secondary N) is 1. The average Bonchev–Trinajstić information content (AvgIpc) is 4.26. The van der Waals surface area contributed by atoms with Crippen LogP contribution in [0.15, 0.2) is 77.0 Å². The van der Waals surface area contributed by atoms with E-state index >= 15 is 4.39 Å². The third kappa shape index (κ3) is 11.2. The minimum atomic E-state index is -1.11. The molecular weight excluding hydrogens is 1020 g/mol. The molecular formula is C56H67FN12O8S. The molecule has 78 heavy (non-hydrogen) atoms. The van der Waals surface area contributed by atoms with E-state index in [0.717, 1.165) is 97.9 Å². The first-order valence-electron chi connectivity index (χ1n) is 27.1. The van der Waals surface area contributed by atoms with Gasteiger partial charge < -0.3 is 54.7 Å². The van der Waals surface area contributed by atoms with E-state index in [1.807, 2.05) is 50.4 Å². The number of piperazine rings is 1. The molecule has 5 aliphatic rings. The summed E-state index contributed by atoms with van der Waals surface area (Å²) in [6.45, 7) is 11.0. The summed E-state index contributed by atoms with van der Waals surface area (Å²) in [5.74, 6) is -2.82. The number of aryl methyl sites for hydroxylation is 1. The van der Waals surface area contributed by atoms with Gasteiger partial charge in [-0.3, -0.25) is 19.5 Å². The Balaban J connectivity index is 0.610. The summed E-state index contributed by atoms with van der Waals surface area (Å²) in [5.41, 5.74) is 13.7. The molecule has 1 aliphatic carbocycles. The number of aliphatic hydroxyl groups is 1. The minimum absolute atomic E-state index is 0.0220. The molecule has 9 heterocycles. The first-order valence-corrected chi connectivity index (χ1v) is 28.0. The maximum Gasteiger partial charge on any atom is 0.291 e. The van der Waals surface area contributed by atoms with E-state index in [2.05, 4.69) is 62.5 Å². The molecule has 5 fully saturated rings. The summed E-state index contributed by atoms with van der Waals surface area (Å²) in [5, 5.41) is 36.6. The van der Waals surface area contributed by atoms with Gasteiger partial charge in [0.25, 0.3) is 5.88 Å². The Hall–Kier alpha value is -7.01. The maximum atomic E-state index is 16.1. The Kier molecular flexibility index (Phi) is 15.5. The van der Waals surface area contributed by atoms with Crippen molar-refractivity contribution in [1.29, 1.82) is 0 Å². The van der Waals surface area contributed by atoms with E-state index in [1.54, 1.807) is 37.7 Å². The van der Waals surface area contributed by atoms with Gasteiger partial charge in [-0.05, 0) is 86.5 Å². The number of halogens is 1. The van der Waals surface area contributed by atoms with Crippen LogP contribution in [0.5, 0.6) is 17.5 Å². The second-order valence-corrected chi connectivity index (χ2v) is 22.5. The van der Waals surface area contributed by atoms with Crippen LogP contribution in [0.1, 0.15) is 94.7 Å². The highest BCUT2D eigenvalue weighted by Gasteiger charge is 2.46. The smallest absolute Gasteiger partial charge is 0.291 e. The molecule has 4 aliphatic heterocycles. The number of thiazole rings is 1. The van der Waals surface area contributed by atoms with Crippen molar-refractivity contribution in [2.24, 2.45) is 5.92 Å². The van der Waals surface area contributed by atoms with Gasteiger partial charge in [-0.15, -0.1) is 21.5 Å². The molecule has 412 valence electrons. The number of amides is 2. The van der Waals surface area contributed by atoms with Gasteiger partial charge in [0.1, 0.15) is 30.4 Å². The second kappa shape index (κ2) is 22.8. The van der Waals surface area contributed by atoms with Crippen molar-refractivity contribution in [3.05, 3.63) is 95.3 Å². The predicted molar refractivity (Wildman–Crippen MR) is 290 cm³/mol. The van der Waals surface area contributed by atoms with E-state index in [-0.39, 0.29) is 67.4 Å². The van der Waals surface area contributed by atoms with Gasteiger partial charge in [-0.1, -0.05) is 32.0 Å². The van der Waals surface area contributed by atoms with Gasteiger partial charge in [0.2, 0.25) is 23.5 Å². The lowest BCUT2D eigenvalue weighted by atomic mass is 9.91.